The monoisotopic (exact) mass is 218 g/mol. The number of benzene rings is 1. The third-order valence-electron chi connectivity index (χ3n) is 3.13. The first-order chi connectivity index (χ1) is 7.68. The second kappa shape index (κ2) is 3.04. The predicted octanol–water partition coefficient (Wildman–Crippen LogP) is 1.71. The molecular weight excluding hydrogens is 208 g/mol. The summed E-state index contributed by atoms with van der Waals surface area (Å²) in [7, 11) is 0. The van der Waals surface area contributed by atoms with E-state index >= 15 is 0 Å². The van der Waals surface area contributed by atoms with Gasteiger partial charge in [0.25, 0.3) is 11.6 Å². The van der Waals surface area contributed by atoms with Gasteiger partial charge in [0.05, 0.1) is 4.92 Å². The van der Waals surface area contributed by atoms with E-state index in [1.54, 1.807) is 17.0 Å². The SMILES string of the molecule is O=C1c2c(cccc2[N+](=O)[O-])CN1C1CC1. The Morgan fingerprint density at radius 2 is 2.12 bits per heavy atom. The number of amides is 1. The second-order valence-corrected chi connectivity index (χ2v) is 4.23. The summed E-state index contributed by atoms with van der Waals surface area (Å²) in [5, 5.41) is 10.8. The minimum absolute atomic E-state index is 0.0642. The molecule has 0 saturated heterocycles. The van der Waals surface area contributed by atoms with Gasteiger partial charge in [-0.25, -0.2) is 0 Å². The molecule has 0 radical (unpaired) electrons. The van der Waals surface area contributed by atoms with Crippen LogP contribution in [0.15, 0.2) is 18.2 Å². The van der Waals surface area contributed by atoms with Crippen LogP contribution in [-0.2, 0) is 6.54 Å². The van der Waals surface area contributed by atoms with Crippen molar-refractivity contribution >= 4 is 11.6 Å². The second-order valence-electron chi connectivity index (χ2n) is 4.23. The largest absolute Gasteiger partial charge is 0.331 e. The lowest BCUT2D eigenvalue weighted by atomic mass is 10.1. The maximum absolute atomic E-state index is 12.0. The number of nitrogens with zero attached hydrogens (tertiary/aromatic N) is 2. The molecule has 1 saturated carbocycles. The Bertz CT molecular complexity index is 494. The minimum atomic E-state index is -0.479. The molecule has 0 atom stereocenters. The highest BCUT2D eigenvalue weighted by molar-refractivity contribution is 6.02. The quantitative estimate of drug-likeness (QED) is 0.560. The molecule has 0 N–H and O–H groups in total. The number of carbonyl (C=O) groups excluding carboxylic acids is 1. The third-order valence-corrected chi connectivity index (χ3v) is 3.13. The van der Waals surface area contributed by atoms with Crippen LogP contribution in [0.25, 0.3) is 0 Å². The summed E-state index contributed by atoms with van der Waals surface area (Å²) < 4.78 is 0. The molecule has 1 aliphatic carbocycles. The summed E-state index contributed by atoms with van der Waals surface area (Å²) >= 11 is 0. The van der Waals surface area contributed by atoms with E-state index in [9.17, 15) is 14.9 Å². The van der Waals surface area contributed by atoms with E-state index in [0.717, 1.165) is 18.4 Å². The van der Waals surface area contributed by atoms with Crippen LogP contribution in [-0.4, -0.2) is 21.8 Å². The van der Waals surface area contributed by atoms with Crippen LogP contribution >= 0.6 is 0 Å². The molecule has 16 heavy (non-hydrogen) atoms. The number of fused-ring (bicyclic) bond motifs is 1. The molecule has 5 nitrogen and oxygen atoms in total. The molecule has 82 valence electrons. The average Bonchev–Trinajstić information content (AvgIpc) is 3.04. The molecule has 1 heterocycles. The predicted molar refractivity (Wildman–Crippen MR) is 56.0 cm³/mol. The Kier molecular flexibility index (Phi) is 1.77. The van der Waals surface area contributed by atoms with E-state index in [2.05, 4.69) is 0 Å². The molecule has 0 aromatic heterocycles. The van der Waals surface area contributed by atoms with Crippen molar-refractivity contribution in [2.75, 3.05) is 0 Å². The highest BCUT2D eigenvalue weighted by Crippen LogP contribution is 2.37. The lowest BCUT2D eigenvalue weighted by Crippen LogP contribution is -2.26. The van der Waals surface area contributed by atoms with Gasteiger partial charge in [-0.2, -0.15) is 0 Å². The van der Waals surface area contributed by atoms with Gasteiger partial charge in [-0.05, 0) is 18.4 Å². The average molecular weight is 218 g/mol. The zero-order valence-electron chi connectivity index (χ0n) is 8.55. The van der Waals surface area contributed by atoms with Gasteiger partial charge in [-0.1, -0.05) is 12.1 Å². The number of nitro groups is 1. The van der Waals surface area contributed by atoms with E-state index in [0.29, 0.717) is 18.2 Å². The summed E-state index contributed by atoms with van der Waals surface area (Å²) in [5.74, 6) is -0.176. The van der Waals surface area contributed by atoms with Crippen molar-refractivity contribution in [3.63, 3.8) is 0 Å². The Morgan fingerprint density at radius 1 is 1.38 bits per heavy atom. The van der Waals surface area contributed by atoms with E-state index in [1.165, 1.54) is 6.07 Å². The number of hydrogen-bond donors (Lipinski definition) is 0. The van der Waals surface area contributed by atoms with Crippen LogP contribution in [0.1, 0.15) is 28.8 Å². The van der Waals surface area contributed by atoms with Crippen molar-refractivity contribution in [2.45, 2.75) is 25.4 Å². The molecule has 1 aromatic rings. The standard InChI is InChI=1S/C11H10N2O3/c14-11-10-7(6-12(11)8-4-5-8)2-1-3-9(10)13(15)16/h1-3,8H,4-6H2. The zero-order chi connectivity index (χ0) is 11.3. The lowest BCUT2D eigenvalue weighted by molar-refractivity contribution is -0.385. The maximum Gasteiger partial charge on any atom is 0.282 e. The van der Waals surface area contributed by atoms with Gasteiger partial charge in [-0.3, -0.25) is 14.9 Å². The summed E-state index contributed by atoms with van der Waals surface area (Å²) in [4.78, 5) is 24.1. The fraction of sp³-hybridized carbons (Fsp3) is 0.364. The van der Waals surface area contributed by atoms with Crippen molar-refractivity contribution in [1.82, 2.24) is 4.90 Å². The Hall–Kier alpha value is -1.91. The highest BCUT2D eigenvalue weighted by atomic mass is 16.6. The molecule has 3 rings (SSSR count). The van der Waals surface area contributed by atoms with Crippen molar-refractivity contribution in [3.05, 3.63) is 39.4 Å². The van der Waals surface area contributed by atoms with Crippen LogP contribution in [0.2, 0.25) is 0 Å². The van der Waals surface area contributed by atoms with Gasteiger partial charge >= 0.3 is 0 Å². The number of rotatable bonds is 2. The van der Waals surface area contributed by atoms with Gasteiger partial charge in [0.15, 0.2) is 0 Å². The fourth-order valence-corrected chi connectivity index (χ4v) is 2.20. The Morgan fingerprint density at radius 3 is 2.75 bits per heavy atom. The van der Waals surface area contributed by atoms with E-state index < -0.39 is 4.92 Å². The highest BCUT2D eigenvalue weighted by Gasteiger charge is 2.41. The summed E-state index contributed by atoms with van der Waals surface area (Å²) in [6.07, 6.45) is 2.04. The van der Waals surface area contributed by atoms with Crippen molar-refractivity contribution in [3.8, 4) is 0 Å². The minimum Gasteiger partial charge on any atom is -0.331 e. The Balaban J connectivity index is 2.08. The number of hydrogen-bond acceptors (Lipinski definition) is 3. The van der Waals surface area contributed by atoms with Gasteiger partial charge in [0, 0.05) is 18.7 Å². The van der Waals surface area contributed by atoms with E-state index in [4.69, 9.17) is 0 Å². The zero-order valence-corrected chi connectivity index (χ0v) is 8.55. The molecule has 0 spiro atoms. The summed E-state index contributed by atoms with van der Waals surface area (Å²) in [6.45, 7) is 0.528. The van der Waals surface area contributed by atoms with Crippen LogP contribution in [0.5, 0.6) is 0 Å². The number of carbonyl (C=O) groups is 1. The molecule has 0 unspecified atom stereocenters. The third kappa shape index (κ3) is 1.21. The Labute approximate surface area is 91.8 Å². The molecular formula is C11H10N2O3. The molecule has 2 aliphatic rings. The molecule has 1 aromatic carbocycles. The van der Waals surface area contributed by atoms with Crippen molar-refractivity contribution in [2.24, 2.45) is 0 Å². The van der Waals surface area contributed by atoms with Crippen LogP contribution in [0.3, 0.4) is 0 Å². The summed E-state index contributed by atoms with van der Waals surface area (Å²) in [6, 6.07) is 5.13. The normalized spacial score (nSPS) is 18.8. The van der Waals surface area contributed by atoms with Gasteiger partial charge in [0.1, 0.15) is 5.56 Å². The maximum atomic E-state index is 12.0. The van der Waals surface area contributed by atoms with Crippen molar-refractivity contribution in [1.29, 1.82) is 0 Å². The fourth-order valence-electron chi connectivity index (χ4n) is 2.20. The molecule has 1 aliphatic heterocycles. The number of nitro benzene ring substituents is 1. The van der Waals surface area contributed by atoms with Gasteiger partial charge in [0.2, 0.25) is 0 Å². The molecule has 0 bridgehead atoms. The first kappa shape index (κ1) is 9.33. The van der Waals surface area contributed by atoms with Crippen LogP contribution < -0.4 is 0 Å². The lowest BCUT2D eigenvalue weighted by Gasteiger charge is -2.13. The van der Waals surface area contributed by atoms with Gasteiger partial charge in [-0.15, -0.1) is 0 Å². The van der Waals surface area contributed by atoms with Crippen LogP contribution in [0, 0.1) is 10.1 Å². The first-order valence-corrected chi connectivity index (χ1v) is 5.25. The first-order valence-electron chi connectivity index (χ1n) is 5.25. The summed E-state index contributed by atoms with van der Waals surface area (Å²) in [5.41, 5.74) is 1.01. The molecule has 1 fully saturated rings. The smallest absolute Gasteiger partial charge is 0.282 e. The molecule has 5 heteroatoms. The molecule has 1 amide bonds. The topological polar surface area (TPSA) is 63.4 Å². The van der Waals surface area contributed by atoms with Crippen LogP contribution in [0.4, 0.5) is 5.69 Å². The van der Waals surface area contributed by atoms with Crippen molar-refractivity contribution < 1.29 is 9.72 Å². The van der Waals surface area contributed by atoms with E-state index in [-0.39, 0.29) is 11.6 Å². The van der Waals surface area contributed by atoms with E-state index in [1.807, 2.05) is 0 Å². The van der Waals surface area contributed by atoms with Gasteiger partial charge < -0.3 is 4.90 Å².